The molecule has 0 saturated heterocycles. The fourth-order valence-corrected chi connectivity index (χ4v) is 2.92. The van der Waals surface area contributed by atoms with Gasteiger partial charge in [-0.05, 0) is 49.2 Å². The Labute approximate surface area is 188 Å². The van der Waals surface area contributed by atoms with Crippen molar-refractivity contribution in [1.82, 2.24) is 20.1 Å². The van der Waals surface area contributed by atoms with Crippen molar-refractivity contribution in [2.75, 3.05) is 13.2 Å². The maximum atomic E-state index is 10.6. The smallest absolute Gasteiger partial charge is 0.486 e. The molecule has 0 atom stereocenters. The lowest BCUT2D eigenvalue weighted by molar-refractivity contribution is -0.192. The molecule has 3 aromatic rings. The molecule has 1 aliphatic rings. The Kier molecular flexibility index (Phi) is 7.22. The number of halogens is 3. The summed E-state index contributed by atoms with van der Waals surface area (Å²) in [4.78, 5) is 13.4. The van der Waals surface area contributed by atoms with Gasteiger partial charge in [0, 0.05) is 30.7 Å². The van der Waals surface area contributed by atoms with Crippen molar-refractivity contribution in [3.63, 3.8) is 0 Å². The molecule has 0 bridgehead atoms. The van der Waals surface area contributed by atoms with Gasteiger partial charge >= 0.3 is 12.1 Å². The van der Waals surface area contributed by atoms with Gasteiger partial charge in [-0.1, -0.05) is 12.1 Å². The van der Waals surface area contributed by atoms with Crippen LogP contribution in [0.15, 0.2) is 55.0 Å². The van der Waals surface area contributed by atoms with Crippen LogP contribution in [0.3, 0.4) is 0 Å². The molecule has 0 amide bonds. The van der Waals surface area contributed by atoms with Gasteiger partial charge in [0.25, 0.3) is 0 Å². The number of rotatable bonds is 5. The predicted octanol–water partition coefficient (Wildman–Crippen LogP) is 3.70. The van der Waals surface area contributed by atoms with Crippen LogP contribution in [0.5, 0.6) is 11.5 Å². The lowest BCUT2D eigenvalue weighted by Gasteiger charge is -2.29. The molecule has 8 nitrogen and oxygen atoms in total. The van der Waals surface area contributed by atoms with Gasteiger partial charge in [-0.3, -0.25) is 0 Å². The molecular weight excluding hydrogens is 441 g/mol. The SMILES string of the molecule is CC(C)(NCc1ccc(-n2cccn2)nc1)c1ccc2c(c1)OCCO2.O=C(O)C(F)(F)F. The molecule has 1 aromatic carbocycles. The molecule has 4 rings (SSSR count). The molecule has 2 aromatic heterocycles. The summed E-state index contributed by atoms with van der Waals surface area (Å²) in [5, 5.41) is 14.9. The van der Waals surface area contributed by atoms with E-state index in [-0.39, 0.29) is 5.54 Å². The second-order valence-corrected chi connectivity index (χ2v) is 7.62. The Hall–Kier alpha value is -3.60. The van der Waals surface area contributed by atoms with Gasteiger partial charge in [0.1, 0.15) is 13.2 Å². The van der Waals surface area contributed by atoms with Gasteiger partial charge in [-0.15, -0.1) is 0 Å². The highest BCUT2D eigenvalue weighted by molar-refractivity contribution is 5.73. The highest BCUT2D eigenvalue weighted by Crippen LogP contribution is 2.34. The molecule has 0 aliphatic carbocycles. The number of nitrogens with zero attached hydrogens (tertiary/aromatic N) is 3. The molecule has 0 fully saturated rings. The minimum atomic E-state index is -5.08. The molecule has 1 aliphatic heterocycles. The van der Waals surface area contributed by atoms with Crippen LogP contribution < -0.4 is 14.8 Å². The van der Waals surface area contributed by atoms with Gasteiger partial charge < -0.3 is 19.9 Å². The molecule has 33 heavy (non-hydrogen) atoms. The monoisotopic (exact) mass is 464 g/mol. The zero-order valence-electron chi connectivity index (χ0n) is 18.0. The summed E-state index contributed by atoms with van der Waals surface area (Å²) < 4.78 is 44.8. The number of hydrogen-bond donors (Lipinski definition) is 2. The van der Waals surface area contributed by atoms with E-state index in [2.05, 4.69) is 47.4 Å². The van der Waals surface area contributed by atoms with E-state index in [4.69, 9.17) is 19.4 Å². The number of pyridine rings is 1. The number of carboxylic acid groups (broad SMARTS) is 1. The standard InChI is InChI=1S/C20H22N4O2.C2HF3O2/c1-20(2,16-5-6-17-18(12-16)26-11-10-25-17)22-14-15-4-7-19(21-13-15)24-9-3-8-23-24;3-2(4,5)1(6)7/h3-9,12-13,22H,10-11,14H2,1-2H3;(H,6,7). The fourth-order valence-electron chi connectivity index (χ4n) is 2.92. The summed E-state index contributed by atoms with van der Waals surface area (Å²) in [6, 6.07) is 12.0. The summed E-state index contributed by atoms with van der Waals surface area (Å²) in [5.74, 6) is -0.319. The van der Waals surface area contributed by atoms with Crippen LogP contribution in [0.25, 0.3) is 5.82 Å². The van der Waals surface area contributed by atoms with Gasteiger partial charge in [0.15, 0.2) is 17.3 Å². The largest absolute Gasteiger partial charge is 0.490 e. The molecule has 0 spiro atoms. The number of carboxylic acids is 1. The number of aliphatic carboxylic acids is 1. The van der Waals surface area contributed by atoms with Crippen LogP contribution in [-0.2, 0) is 16.9 Å². The summed E-state index contributed by atoms with van der Waals surface area (Å²) in [7, 11) is 0. The Balaban J connectivity index is 0.000000383. The van der Waals surface area contributed by atoms with Gasteiger partial charge in [0.05, 0.1) is 0 Å². The van der Waals surface area contributed by atoms with Crippen molar-refractivity contribution in [2.24, 2.45) is 0 Å². The maximum Gasteiger partial charge on any atom is 0.490 e. The Morgan fingerprint density at radius 2 is 1.85 bits per heavy atom. The highest BCUT2D eigenvalue weighted by Gasteiger charge is 2.38. The number of fused-ring (bicyclic) bond motifs is 1. The van der Waals surface area contributed by atoms with Gasteiger partial charge in [-0.25, -0.2) is 14.5 Å². The predicted molar refractivity (Wildman–Crippen MR) is 112 cm³/mol. The van der Waals surface area contributed by atoms with E-state index in [1.165, 1.54) is 0 Å². The molecule has 176 valence electrons. The van der Waals surface area contributed by atoms with E-state index >= 15 is 0 Å². The lowest BCUT2D eigenvalue weighted by atomic mass is 9.93. The van der Waals surface area contributed by atoms with E-state index < -0.39 is 12.1 Å². The summed E-state index contributed by atoms with van der Waals surface area (Å²) in [5.41, 5.74) is 2.06. The van der Waals surface area contributed by atoms with Crippen molar-refractivity contribution >= 4 is 5.97 Å². The average molecular weight is 464 g/mol. The second-order valence-electron chi connectivity index (χ2n) is 7.62. The summed E-state index contributed by atoms with van der Waals surface area (Å²) >= 11 is 0. The molecular formula is C22H23F3N4O4. The highest BCUT2D eigenvalue weighted by atomic mass is 19.4. The van der Waals surface area contributed by atoms with E-state index in [0.717, 1.165) is 28.4 Å². The van der Waals surface area contributed by atoms with E-state index in [1.807, 2.05) is 30.6 Å². The van der Waals surface area contributed by atoms with Crippen molar-refractivity contribution < 1.29 is 32.5 Å². The van der Waals surface area contributed by atoms with Crippen LogP contribution >= 0.6 is 0 Å². The van der Waals surface area contributed by atoms with E-state index in [9.17, 15) is 13.2 Å². The number of hydrogen-bond acceptors (Lipinski definition) is 6. The van der Waals surface area contributed by atoms with Crippen LogP contribution in [0.1, 0.15) is 25.0 Å². The van der Waals surface area contributed by atoms with E-state index in [0.29, 0.717) is 19.8 Å². The topological polar surface area (TPSA) is 98.5 Å². The first-order chi connectivity index (χ1) is 15.6. The first-order valence-corrected chi connectivity index (χ1v) is 9.96. The van der Waals surface area contributed by atoms with Crippen molar-refractivity contribution in [1.29, 1.82) is 0 Å². The Bertz CT molecular complexity index is 1070. The normalized spacial score (nSPS) is 13.1. The summed E-state index contributed by atoms with van der Waals surface area (Å²) in [6.07, 6.45) is 0.419. The third-order valence-electron chi connectivity index (χ3n) is 4.79. The number of carbonyl (C=O) groups is 1. The van der Waals surface area contributed by atoms with Crippen LogP contribution in [-0.4, -0.2) is 45.2 Å². The fraction of sp³-hybridized carbons (Fsp3) is 0.318. The minimum absolute atomic E-state index is 0.212. The number of aromatic nitrogens is 3. The Morgan fingerprint density at radius 3 is 2.42 bits per heavy atom. The zero-order valence-corrected chi connectivity index (χ0v) is 18.0. The number of benzene rings is 1. The first-order valence-electron chi connectivity index (χ1n) is 9.96. The average Bonchev–Trinajstić information content (AvgIpc) is 3.32. The molecule has 0 saturated carbocycles. The van der Waals surface area contributed by atoms with Crippen molar-refractivity contribution in [3.05, 3.63) is 66.1 Å². The minimum Gasteiger partial charge on any atom is -0.486 e. The number of alkyl halides is 3. The number of nitrogens with one attached hydrogen (secondary N) is 1. The molecule has 3 heterocycles. The van der Waals surface area contributed by atoms with Gasteiger partial charge in [-0.2, -0.15) is 18.3 Å². The molecule has 0 radical (unpaired) electrons. The number of ether oxygens (including phenoxy) is 2. The zero-order chi connectivity index (χ0) is 24.1. The maximum absolute atomic E-state index is 10.6. The second kappa shape index (κ2) is 9.90. The van der Waals surface area contributed by atoms with Crippen LogP contribution in [0, 0.1) is 0 Å². The van der Waals surface area contributed by atoms with Crippen molar-refractivity contribution in [2.45, 2.75) is 32.1 Å². The molecule has 2 N–H and O–H groups in total. The first kappa shape index (κ1) is 24.1. The van der Waals surface area contributed by atoms with Crippen molar-refractivity contribution in [3.8, 4) is 17.3 Å². The van der Waals surface area contributed by atoms with E-state index in [1.54, 1.807) is 10.9 Å². The third kappa shape index (κ3) is 6.45. The molecule has 0 unspecified atom stereocenters. The van der Waals surface area contributed by atoms with Crippen LogP contribution in [0.4, 0.5) is 13.2 Å². The van der Waals surface area contributed by atoms with Gasteiger partial charge in [0.2, 0.25) is 0 Å². The third-order valence-corrected chi connectivity index (χ3v) is 4.79. The van der Waals surface area contributed by atoms with Crippen LogP contribution in [0.2, 0.25) is 0 Å². The molecule has 11 heteroatoms. The lowest BCUT2D eigenvalue weighted by Crippen LogP contribution is -2.36. The Morgan fingerprint density at radius 1 is 1.15 bits per heavy atom. The quantitative estimate of drug-likeness (QED) is 0.594. The summed E-state index contributed by atoms with van der Waals surface area (Å²) in [6.45, 7) is 6.23.